The fourth-order valence-corrected chi connectivity index (χ4v) is 1.93. The van der Waals surface area contributed by atoms with Crippen molar-refractivity contribution in [2.45, 2.75) is 13.8 Å². The van der Waals surface area contributed by atoms with Gasteiger partial charge in [-0.25, -0.2) is 4.79 Å². The molecule has 1 aliphatic carbocycles. The number of rotatable bonds is 2. The van der Waals surface area contributed by atoms with E-state index in [2.05, 4.69) is 6.07 Å². The van der Waals surface area contributed by atoms with Crippen LogP contribution in [-0.2, 0) is 9.53 Å². The lowest BCUT2D eigenvalue weighted by atomic mass is 9.69. The summed E-state index contributed by atoms with van der Waals surface area (Å²) in [6.45, 7) is 3.98. The Morgan fingerprint density at radius 1 is 1.53 bits per heavy atom. The van der Waals surface area contributed by atoms with Gasteiger partial charge < -0.3 is 4.74 Å². The number of hydrogen-bond donors (Lipinski definition) is 0. The number of esters is 1. The lowest BCUT2D eigenvalue weighted by Gasteiger charge is -2.32. The molecular formula is C12H15NO2. The average molecular weight is 205 g/mol. The lowest BCUT2D eigenvalue weighted by molar-refractivity contribution is -0.149. The minimum atomic E-state index is -1.16. The maximum atomic E-state index is 11.7. The minimum Gasteiger partial charge on any atom is -0.468 e. The molecule has 0 bridgehead atoms. The maximum absolute atomic E-state index is 11.7. The topological polar surface area (TPSA) is 50.1 Å². The molecule has 2 unspecified atom stereocenters. The van der Waals surface area contributed by atoms with E-state index >= 15 is 0 Å². The van der Waals surface area contributed by atoms with Crippen molar-refractivity contribution in [2.24, 2.45) is 17.3 Å². The molecule has 0 radical (unpaired) electrons. The van der Waals surface area contributed by atoms with E-state index in [0.29, 0.717) is 0 Å². The molecule has 0 N–H and O–H groups in total. The summed E-state index contributed by atoms with van der Waals surface area (Å²) in [4.78, 5) is 11.7. The summed E-state index contributed by atoms with van der Waals surface area (Å²) >= 11 is 0. The Labute approximate surface area is 90.0 Å². The largest absolute Gasteiger partial charge is 0.468 e. The second-order valence-corrected chi connectivity index (χ2v) is 3.99. The highest BCUT2D eigenvalue weighted by molar-refractivity contribution is 5.83. The van der Waals surface area contributed by atoms with Gasteiger partial charge in [0.15, 0.2) is 5.41 Å². The molecule has 1 rings (SSSR count). The Morgan fingerprint density at radius 3 is 2.67 bits per heavy atom. The zero-order valence-electron chi connectivity index (χ0n) is 9.23. The molecule has 0 aromatic heterocycles. The molecule has 0 aromatic rings. The second-order valence-electron chi connectivity index (χ2n) is 3.99. The molecule has 15 heavy (non-hydrogen) atoms. The van der Waals surface area contributed by atoms with Gasteiger partial charge in [0.25, 0.3) is 0 Å². The summed E-state index contributed by atoms with van der Waals surface area (Å²) in [5.74, 6) is -0.394. The van der Waals surface area contributed by atoms with Crippen molar-refractivity contribution in [2.75, 3.05) is 7.11 Å². The highest BCUT2D eigenvalue weighted by Gasteiger charge is 2.46. The first-order valence-corrected chi connectivity index (χ1v) is 4.94. The van der Waals surface area contributed by atoms with Gasteiger partial charge in [-0.1, -0.05) is 38.2 Å². The number of allylic oxidation sites excluding steroid dienone is 3. The van der Waals surface area contributed by atoms with Crippen LogP contribution < -0.4 is 0 Å². The van der Waals surface area contributed by atoms with Crippen molar-refractivity contribution in [1.29, 1.82) is 5.26 Å². The summed E-state index contributed by atoms with van der Waals surface area (Å²) in [6.07, 6.45) is 7.11. The molecule has 3 heteroatoms. The first-order valence-electron chi connectivity index (χ1n) is 4.94. The Kier molecular flexibility index (Phi) is 3.31. The molecule has 80 valence electrons. The molecule has 0 saturated heterocycles. The molecule has 0 aliphatic heterocycles. The molecular weight excluding hydrogens is 190 g/mol. The third kappa shape index (κ3) is 1.80. The van der Waals surface area contributed by atoms with Crippen LogP contribution in [0.4, 0.5) is 0 Å². The van der Waals surface area contributed by atoms with E-state index in [0.717, 1.165) is 0 Å². The van der Waals surface area contributed by atoms with Crippen molar-refractivity contribution >= 4 is 5.97 Å². The standard InChI is InChI=1S/C12H15NO2/c1-9(2)10-6-4-5-7-12(10,8-13)11(14)15-3/h4-7,9-10H,1-3H3. The normalized spacial score (nSPS) is 28.9. The molecule has 0 spiro atoms. The summed E-state index contributed by atoms with van der Waals surface area (Å²) in [7, 11) is 1.31. The smallest absolute Gasteiger partial charge is 0.330 e. The number of carbonyl (C=O) groups is 1. The van der Waals surface area contributed by atoms with Crippen LogP contribution in [0.25, 0.3) is 0 Å². The molecule has 2 atom stereocenters. The van der Waals surface area contributed by atoms with E-state index in [-0.39, 0.29) is 11.8 Å². The maximum Gasteiger partial charge on any atom is 0.330 e. The van der Waals surface area contributed by atoms with Gasteiger partial charge in [-0.15, -0.1) is 0 Å². The predicted molar refractivity (Wildman–Crippen MR) is 56.7 cm³/mol. The predicted octanol–water partition coefficient (Wildman–Crippen LogP) is 2.07. The first kappa shape index (κ1) is 11.5. The third-order valence-electron chi connectivity index (χ3n) is 2.74. The number of hydrogen-bond acceptors (Lipinski definition) is 3. The van der Waals surface area contributed by atoms with E-state index in [1.165, 1.54) is 7.11 Å². The number of nitriles is 1. The molecule has 0 heterocycles. The quantitative estimate of drug-likeness (QED) is 0.648. The van der Waals surface area contributed by atoms with E-state index in [9.17, 15) is 10.1 Å². The van der Waals surface area contributed by atoms with Gasteiger partial charge in [0, 0.05) is 5.92 Å². The number of ether oxygens (including phenoxy) is 1. The van der Waals surface area contributed by atoms with Crippen LogP contribution in [0.1, 0.15) is 13.8 Å². The van der Waals surface area contributed by atoms with Gasteiger partial charge in [-0.05, 0) is 5.92 Å². The van der Waals surface area contributed by atoms with Gasteiger partial charge in [0.05, 0.1) is 13.2 Å². The van der Waals surface area contributed by atoms with Crippen LogP contribution in [0, 0.1) is 28.6 Å². The lowest BCUT2D eigenvalue weighted by Crippen LogP contribution is -2.39. The third-order valence-corrected chi connectivity index (χ3v) is 2.74. The zero-order chi connectivity index (χ0) is 11.5. The van der Waals surface area contributed by atoms with Crippen LogP contribution in [-0.4, -0.2) is 13.1 Å². The van der Waals surface area contributed by atoms with Gasteiger partial charge in [-0.2, -0.15) is 5.26 Å². The molecule has 3 nitrogen and oxygen atoms in total. The van der Waals surface area contributed by atoms with Crippen molar-refractivity contribution in [3.05, 3.63) is 24.3 Å². The van der Waals surface area contributed by atoms with E-state index in [1.54, 1.807) is 12.2 Å². The summed E-state index contributed by atoms with van der Waals surface area (Å²) in [5.41, 5.74) is -1.16. The average Bonchev–Trinajstić information content (AvgIpc) is 2.27. The van der Waals surface area contributed by atoms with Crippen molar-refractivity contribution in [3.8, 4) is 6.07 Å². The van der Waals surface area contributed by atoms with Gasteiger partial charge in [0.1, 0.15) is 0 Å². The first-order chi connectivity index (χ1) is 7.08. The molecule has 0 aromatic carbocycles. The zero-order valence-corrected chi connectivity index (χ0v) is 9.23. The van der Waals surface area contributed by atoms with Crippen LogP contribution in [0.5, 0.6) is 0 Å². The second kappa shape index (κ2) is 4.31. The fourth-order valence-electron chi connectivity index (χ4n) is 1.93. The molecule has 0 amide bonds. The SMILES string of the molecule is COC(=O)C1(C#N)C=CC=CC1C(C)C. The van der Waals surface area contributed by atoms with Crippen LogP contribution in [0.2, 0.25) is 0 Å². The Hall–Kier alpha value is -1.56. The van der Waals surface area contributed by atoms with Crippen LogP contribution in [0.3, 0.4) is 0 Å². The van der Waals surface area contributed by atoms with E-state index < -0.39 is 11.4 Å². The number of methoxy groups -OCH3 is 1. The van der Waals surface area contributed by atoms with E-state index in [1.807, 2.05) is 26.0 Å². The van der Waals surface area contributed by atoms with Crippen molar-refractivity contribution in [3.63, 3.8) is 0 Å². The highest BCUT2D eigenvalue weighted by Crippen LogP contribution is 2.38. The Bertz CT molecular complexity index is 349. The molecule has 1 aliphatic rings. The minimum absolute atomic E-state index is 0.125. The van der Waals surface area contributed by atoms with Gasteiger partial charge >= 0.3 is 5.97 Å². The van der Waals surface area contributed by atoms with Gasteiger partial charge in [-0.3, -0.25) is 0 Å². The molecule has 0 fully saturated rings. The van der Waals surface area contributed by atoms with Crippen LogP contribution in [0.15, 0.2) is 24.3 Å². The van der Waals surface area contributed by atoms with Crippen LogP contribution >= 0.6 is 0 Å². The number of nitrogens with zero attached hydrogens (tertiary/aromatic N) is 1. The Morgan fingerprint density at radius 2 is 2.20 bits per heavy atom. The highest BCUT2D eigenvalue weighted by atomic mass is 16.5. The van der Waals surface area contributed by atoms with E-state index in [4.69, 9.17) is 4.74 Å². The number of carbonyl (C=O) groups excluding carboxylic acids is 1. The van der Waals surface area contributed by atoms with Crippen molar-refractivity contribution < 1.29 is 9.53 Å². The monoisotopic (exact) mass is 205 g/mol. The van der Waals surface area contributed by atoms with Crippen molar-refractivity contribution in [1.82, 2.24) is 0 Å². The molecule has 0 saturated carbocycles. The fraction of sp³-hybridized carbons (Fsp3) is 0.500. The summed E-state index contributed by atoms with van der Waals surface area (Å²) in [6, 6.07) is 2.09. The van der Waals surface area contributed by atoms with Gasteiger partial charge in [0.2, 0.25) is 0 Å². The Balaban J connectivity index is 3.17. The summed E-state index contributed by atoms with van der Waals surface area (Å²) < 4.78 is 4.72. The summed E-state index contributed by atoms with van der Waals surface area (Å²) in [5, 5.41) is 9.23.